The van der Waals surface area contributed by atoms with Crippen LogP contribution < -0.4 is 14.8 Å². The monoisotopic (exact) mass is 342 g/mol. The van der Waals surface area contributed by atoms with Gasteiger partial charge in [-0.3, -0.25) is 4.79 Å². The molecule has 0 radical (unpaired) electrons. The van der Waals surface area contributed by atoms with Crippen LogP contribution in [0.2, 0.25) is 0 Å². The molecule has 0 aliphatic carbocycles. The van der Waals surface area contributed by atoms with Crippen molar-refractivity contribution in [3.63, 3.8) is 0 Å². The number of fused-ring (bicyclic) bond motifs is 1. The highest BCUT2D eigenvalue weighted by atomic mass is 35.5. The summed E-state index contributed by atoms with van der Waals surface area (Å²) in [5.41, 5.74) is 0. The van der Waals surface area contributed by atoms with Crippen LogP contribution in [0.4, 0.5) is 0 Å². The number of nitrogens with zero attached hydrogens (tertiary/aromatic N) is 1. The van der Waals surface area contributed by atoms with Gasteiger partial charge >= 0.3 is 0 Å². The lowest BCUT2D eigenvalue weighted by molar-refractivity contribution is -0.132. The summed E-state index contributed by atoms with van der Waals surface area (Å²) in [5, 5.41) is 3.07. The lowest BCUT2D eigenvalue weighted by atomic mass is 10.2. The van der Waals surface area contributed by atoms with Gasteiger partial charge in [-0.2, -0.15) is 0 Å². The summed E-state index contributed by atoms with van der Waals surface area (Å²) in [6, 6.07) is 7.66. The second-order valence-corrected chi connectivity index (χ2v) is 5.54. The smallest absolute Gasteiger partial charge is 0.222 e. The molecule has 0 bridgehead atoms. The van der Waals surface area contributed by atoms with Crippen LogP contribution in [0.15, 0.2) is 24.3 Å². The predicted molar refractivity (Wildman–Crippen MR) is 93.6 cm³/mol. The number of hydrogen-bond acceptors (Lipinski definition) is 4. The Morgan fingerprint density at radius 2 is 2.09 bits per heavy atom. The fourth-order valence-corrected chi connectivity index (χ4v) is 2.56. The first-order valence-electron chi connectivity index (χ1n) is 8.05. The van der Waals surface area contributed by atoms with Crippen molar-refractivity contribution in [2.45, 2.75) is 32.3 Å². The highest BCUT2D eigenvalue weighted by Gasteiger charge is 2.24. The Morgan fingerprint density at radius 3 is 2.78 bits per heavy atom. The maximum Gasteiger partial charge on any atom is 0.222 e. The van der Waals surface area contributed by atoms with Crippen molar-refractivity contribution in [3.8, 4) is 11.5 Å². The molecule has 2 rings (SSSR count). The van der Waals surface area contributed by atoms with Crippen molar-refractivity contribution in [1.82, 2.24) is 10.2 Å². The molecule has 1 aromatic carbocycles. The maximum absolute atomic E-state index is 12.3. The van der Waals surface area contributed by atoms with Gasteiger partial charge in [-0.15, -0.1) is 12.4 Å². The number of hydrogen-bond donors (Lipinski definition) is 1. The van der Waals surface area contributed by atoms with Crippen LogP contribution in [-0.4, -0.2) is 50.2 Å². The van der Waals surface area contributed by atoms with Crippen LogP contribution in [-0.2, 0) is 4.79 Å². The van der Waals surface area contributed by atoms with Crippen LogP contribution in [0.5, 0.6) is 11.5 Å². The first-order valence-corrected chi connectivity index (χ1v) is 8.05. The molecule has 1 N–H and O–H groups in total. The largest absolute Gasteiger partial charge is 0.486 e. The van der Waals surface area contributed by atoms with Crippen molar-refractivity contribution in [3.05, 3.63) is 24.3 Å². The van der Waals surface area contributed by atoms with E-state index in [9.17, 15) is 4.79 Å². The molecule has 6 heteroatoms. The van der Waals surface area contributed by atoms with E-state index in [4.69, 9.17) is 9.47 Å². The molecule has 1 heterocycles. The van der Waals surface area contributed by atoms with E-state index in [1.165, 1.54) is 0 Å². The van der Waals surface area contributed by atoms with Crippen molar-refractivity contribution in [2.75, 3.05) is 33.3 Å². The van der Waals surface area contributed by atoms with Crippen molar-refractivity contribution >= 4 is 18.3 Å². The number of benzene rings is 1. The molecule has 0 fully saturated rings. The van der Waals surface area contributed by atoms with Gasteiger partial charge in [-0.25, -0.2) is 0 Å². The zero-order valence-corrected chi connectivity index (χ0v) is 14.7. The molecule has 0 spiro atoms. The fraction of sp³-hybridized carbons (Fsp3) is 0.588. The predicted octanol–water partition coefficient (Wildman–Crippen LogP) is 2.49. The fourth-order valence-electron chi connectivity index (χ4n) is 2.56. The van der Waals surface area contributed by atoms with Crippen LogP contribution in [0, 0.1) is 0 Å². The third-order valence-electron chi connectivity index (χ3n) is 3.66. The van der Waals surface area contributed by atoms with E-state index in [0.29, 0.717) is 19.6 Å². The van der Waals surface area contributed by atoms with Gasteiger partial charge in [0.15, 0.2) is 17.6 Å². The Labute approximate surface area is 144 Å². The molecule has 1 unspecified atom stereocenters. The highest BCUT2D eigenvalue weighted by Crippen LogP contribution is 2.31. The number of ether oxygens (including phenoxy) is 2. The SMILES string of the molecule is CCCN(CC1COc2ccccc2O1)C(=O)CCCNC.Cl. The molecule has 23 heavy (non-hydrogen) atoms. The summed E-state index contributed by atoms with van der Waals surface area (Å²) in [5.74, 6) is 1.73. The maximum atomic E-state index is 12.3. The third-order valence-corrected chi connectivity index (χ3v) is 3.66. The van der Waals surface area contributed by atoms with E-state index in [1.807, 2.05) is 36.2 Å². The van der Waals surface area contributed by atoms with E-state index < -0.39 is 0 Å². The molecule has 1 aromatic rings. The Morgan fingerprint density at radius 1 is 1.35 bits per heavy atom. The molecule has 0 saturated carbocycles. The molecular formula is C17H27ClN2O3. The molecule has 1 aliphatic heterocycles. The highest BCUT2D eigenvalue weighted by molar-refractivity contribution is 5.85. The van der Waals surface area contributed by atoms with E-state index in [1.54, 1.807) is 0 Å². The summed E-state index contributed by atoms with van der Waals surface area (Å²) in [4.78, 5) is 14.2. The average molecular weight is 343 g/mol. The van der Waals surface area contributed by atoms with Gasteiger partial charge in [0.05, 0.1) is 6.54 Å². The number of carbonyl (C=O) groups is 1. The number of nitrogens with one attached hydrogen (secondary N) is 1. The molecule has 0 saturated heterocycles. The number of carbonyl (C=O) groups excluding carboxylic acids is 1. The van der Waals surface area contributed by atoms with E-state index in [2.05, 4.69) is 12.2 Å². The molecule has 0 aromatic heterocycles. The van der Waals surface area contributed by atoms with Gasteiger partial charge in [-0.1, -0.05) is 19.1 Å². The molecular weight excluding hydrogens is 316 g/mol. The van der Waals surface area contributed by atoms with E-state index >= 15 is 0 Å². The lowest BCUT2D eigenvalue weighted by Crippen LogP contribution is -2.44. The first kappa shape index (κ1) is 19.6. The van der Waals surface area contributed by atoms with Gasteiger partial charge in [0.1, 0.15) is 6.61 Å². The van der Waals surface area contributed by atoms with Crippen molar-refractivity contribution in [1.29, 1.82) is 0 Å². The van der Waals surface area contributed by atoms with Gasteiger partial charge in [0, 0.05) is 13.0 Å². The Hall–Kier alpha value is -1.46. The number of halogens is 1. The zero-order chi connectivity index (χ0) is 15.8. The van der Waals surface area contributed by atoms with Gasteiger partial charge in [-0.05, 0) is 38.6 Å². The van der Waals surface area contributed by atoms with E-state index in [0.717, 1.165) is 37.4 Å². The molecule has 1 aliphatic rings. The van der Waals surface area contributed by atoms with Crippen LogP contribution >= 0.6 is 12.4 Å². The van der Waals surface area contributed by atoms with Crippen molar-refractivity contribution in [2.24, 2.45) is 0 Å². The topological polar surface area (TPSA) is 50.8 Å². The molecule has 130 valence electrons. The standard InChI is InChI=1S/C17H26N2O3.ClH/c1-3-11-19(17(20)9-6-10-18-2)12-14-13-21-15-7-4-5-8-16(15)22-14;/h4-5,7-8,14,18H,3,6,9-13H2,1-2H3;1H. The van der Waals surface area contributed by atoms with Crippen LogP contribution in [0.25, 0.3) is 0 Å². The van der Waals surface area contributed by atoms with Crippen molar-refractivity contribution < 1.29 is 14.3 Å². The molecule has 1 atom stereocenters. The third kappa shape index (κ3) is 5.92. The summed E-state index contributed by atoms with van der Waals surface area (Å²) in [6.45, 7) is 4.78. The normalized spacial score (nSPS) is 15.7. The molecule has 1 amide bonds. The van der Waals surface area contributed by atoms with Gasteiger partial charge in [0.25, 0.3) is 0 Å². The van der Waals surface area contributed by atoms with Gasteiger partial charge < -0.3 is 19.7 Å². The average Bonchev–Trinajstić information content (AvgIpc) is 2.54. The van der Waals surface area contributed by atoms with Crippen LogP contribution in [0.1, 0.15) is 26.2 Å². The Bertz CT molecular complexity index is 485. The minimum absolute atomic E-state index is 0. The number of para-hydroxylation sites is 2. The van der Waals surface area contributed by atoms with Crippen LogP contribution in [0.3, 0.4) is 0 Å². The second kappa shape index (κ2) is 10.3. The quantitative estimate of drug-likeness (QED) is 0.737. The minimum Gasteiger partial charge on any atom is -0.486 e. The first-order chi connectivity index (χ1) is 10.7. The van der Waals surface area contributed by atoms with E-state index in [-0.39, 0.29) is 24.4 Å². The summed E-state index contributed by atoms with van der Waals surface area (Å²) >= 11 is 0. The zero-order valence-electron chi connectivity index (χ0n) is 13.9. The molecule has 5 nitrogen and oxygen atoms in total. The second-order valence-electron chi connectivity index (χ2n) is 5.54. The number of amides is 1. The lowest BCUT2D eigenvalue weighted by Gasteiger charge is -2.31. The Balaban J connectivity index is 0.00000264. The minimum atomic E-state index is -0.102. The number of rotatable bonds is 8. The summed E-state index contributed by atoms with van der Waals surface area (Å²) in [7, 11) is 1.90. The van der Waals surface area contributed by atoms with Gasteiger partial charge in [0.2, 0.25) is 5.91 Å². The Kier molecular flexibility index (Phi) is 8.81. The summed E-state index contributed by atoms with van der Waals surface area (Å²) < 4.78 is 11.7. The summed E-state index contributed by atoms with van der Waals surface area (Å²) in [6.07, 6.45) is 2.28.